The predicted molar refractivity (Wildman–Crippen MR) is 73.4 cm³/mol. The third kappa shape index (κ3) is 3.89. The average Bonchev–Trinajstić information content (AvgIpc) is 2.90. The normalized spacial score (nSPS) is 10.1. The number of hydrogen-bond donors (Lipinski definition) is 0. The summed E-state index contributed by atoms with van der Waals surface area (Å²) in [7, 11) is 0. The first kappa shape index (κ1) is 13.2. The lowest BCUT2D eigenvalue weighted by molar-refractivity contribution is -0.384. The van der Waals surface area contributed by atoms with E-state index < -0.39 is 4.92 Å². The molecule has 0 unspecified atom stereocenters. The highest BCUT2D eigenvalue weighted by Crippen LogP contribution is 2.18. The molecule has 0 aliphatic rings. The zero-order chi connectivity index (χ0) is 13.7. The second kappa shape index (κ2) is 6.10. The Hall–Kier alpha value is -2.21. The van der Waals surface area contributed by atoms with Gasteiger partial charge in [0.1, 0.15) is 11.5 Å². The number of furan rings is 1. The molecule has 0 spiro atoms. The number of hydrogen-bond acceptors (Lipinski definition) is 5. The highest BCUT2D eigenvalue weighted by atomic mass is 32.1. The summed E-state index contributed by atoms with van der Waals surface area (Å²) in [6, 6.07) is 9.49. The number of nitrogens with zero attached hydrogens (tertiary/aromatic N) is 1. The molecule has 0 aliphatic heterocycles. The van der Waals surface area contributed by atoms with Crippen LogP contribution in [0.5, 0.6) is 5.75 Å². The molecular formula is C13H11NO4S. The van der Waals surface area contributed by atoms with Gasteiger partial charge in [0.2, 0.25) is 0 Å². The van der Waals surface area contributed by atoms with Gasteiger partial charge in [-0.05, 0) is 36.5 Å². The largest absolute Gasteiger partial charge is 0.469 e. The predicted octanol–water partition coefficient (Wildman–Crippen LogP) is 3.53. The molecule has 0 saturated heterocycles. The minimum absolute atomic E-state index is 0.0221. The van der Waals surface area contributed by atoms with E-state index in [1.807, 2.05) is 12.1 Å². The summed E-state index contributed by atoms with van der Waals surface area (Å²) in [6.07, 6.45) is 2.83. The lowest BCUT2D eigenvalue weighted by Crippen LogP contribution is -2.06. The maximum Gasteiger partial charge on any atom is 0.269 e. The van der Waals surface area contributed by atoms with Crippen molar-refractivity contribution >= 4 is 23.0 Å². The van der Waals surface area contributed by atoms with E-state index in [9.17, 15) is 10.1 Å². The summed E-state index contributed by atoms with van der Waals surface area (Å²) in [5, 5.41) is 10.9. The van der Waals surface area contributed by atoms with Crippen LogP contribution in [0.15, 0.2) is 47.1 Å². The van der Waals surface area contributed by atoms with Gasteiger partial charge in [-0.15, -0.1) is 0 Å². The highest BCUT2D eigenvalue weighted by molar-refractivity contribution is 7.80. The lowest BCUT2D eigenvalue weighted by atomic mass is 10.2. The third-order valence-electron chi connectivity index (χ3n) is 2.43. The van der Waals surface area contributed by atoms with E-state index in [1.165, 1.54) is 24.3 Å². The van der Waals surface area contributed by atoms with Crippen LogP contribution < -0.4 is 4.74 Å². The second-order valence-electron chi connectivity index (χ2n) is 3.80. The quantitative estimate of drug-likeness (QED) is 0.475. The zero-order valence-corrected chi connectivity index (χ0v) is 10.8. The van der Waals surface area contributed by atoms with Crippen LogP contribution in [-0.2, 0) is 6.42 Å². The van der Waals surface area contributed by atoms with Gasteiger partial charge in [-0.2, -0.15) is 0 Å². The Morgan fingerprint density at radius 3 is 2.63 bits per heavy atom. The summed E-state index contributed by atoms with van der Waals surface area (Å²) in [6.45, 7) is 0. The molecular weight excluding hydrogens is 266 g/mol. The second-order valence-corrected chi connectivity index (χ2v) is 4.26. The molecule has 5 nitrogen and oxygen atoms in total. The number of benzene rings is 1. The molecule has 98 valence electrons. The molecule has 1 aromatic carbocycles. The van der Waals surface area contributed by atoms with E-state index in [2.05, 4.69) is 0 Å². The van der Waals surface area contributed by atoms with Gasteiger partial charge in [0.25, 0.3) is 5.69 Å². The van der Waals surface area contributed by atoms with Crippen LogP contribution in [-0.4, -0.2) is 9.97 Å². The number of nitro benzene ring substituents is 1. The fraction of sp³-hybridized carbons (Fsp3) is 0.154. The Balaban J connectivity index is 1.86. The Labute approximate surface area is 115 Å². The van der Waals surface area contributed by atoms with Gasteiger partial charge in [-0.25, -0.2) is 0 Å². The van der Waals surface area contributed by atoms with Crippen molar-refractivity contribution in [3.63, 3.8) is 0 Å². The van der Waals surface area contributed by atoms with Crippen LogP contribution in [0.1, 0.15) is 12.2 Å². The van der Waals surface area contributed by atoms with Crippen molar-refractivity contribution in [2.24, 2.45) is 0 Å². The van der Waals surface area contributed by atoms with Crippen molar-refractivity contribution in [1.82, 2.24) is 0 Å². The fourth-order valence-corrected chi connectivity index (χ4v) is 1.70. The van der Waals surface area contributed by atoms with Crippen molar-refractivity contribution in [2.75, 3.05) is 0 Å². The summed E-state index contributed by atoms with van der Waals surface area (Å²) >= 11 is 5.10. The van der Waals surface area contributed by atoms with Gasteiger partial charge in [-0.3, -0.25) is 10.1 Å². The molecule has 0 fully saturated rings. The molecule has 1 heterocycles. The summed E-state index contributed by atoms with van der Waals surface area (Å²) in [4.78, 5) is 10.0. The van der Waals surface area contributed by atoms with E-state index >= 15 is 0 Å². The highest BCUT2D eigenvalue weighted by Gasteiger charge is 2.07. The Bertz CT molecular complexity index is 563. The molecule has 19 heavy (non-hydrogen) atoms. The van der Waals surface area contributed by atoms with Crippen LogP contribution in [0.2, 0.25) is 0 Å². The van der Waals surface area contributed by atoms with Crippen molar-refractivity contribution in [2.45, 2.75) is 12.8 Å². The van der Waals surface area contributed by atoms with Crippen molar-refractivity contribution in [1.29, 1.82) is 0 Å². The maximum atomic E-state index is 10.5. The van der Waals surface area contributed by atoms with Crippen molar-refractivity contribution in [3.05, 3.63) is 58.5 Å². The number of aryl methyl sites for hydroxylation is 1. The minimum Gasteiger partial charge on any atom is -0.469 e. The van der Waals surface area contributed by atoms with Gasteiger partial charge in [0.05, 0.1) is 11.2 Å². The molecule has 0 saturated carbocycles. The van der Waals surface area contributed by atoms with Gasteiger partial charge < -0.3 is 9.15 Å². The van der Waals surface area contributed by atoms with Crippen LogP contribution in [0.25, 0.3) is 0 Å². The Morgan fingerprint density at radius 2 is 2.05 bits per heavy atom. The van der Waals surface area contributed by atoms with Gasteiger partial charge >= 0.3 is 0 Å². The Morgan fingerprint density at radius 1 is 1.32 bits per heavy atom. The van der Waals surface area contributed by atoms with Crippen molar-refractivity contribution < 1.29 is 14.1 Å². The molecule has 0 aliphatic carbocycles. The van der Waals surface area contributed by atoms with Crippen LogP contribution in [0.4, 0.5) is 5.69 Å². The Kier molecular flexibility index (Phi) is 4.25. The topological polar surface area (TPSA) is 65.5 Å². The zero-order valence-electron chi connectivity index (χ0n) is 9.94. The first-order valence-electron chi connectivity index (χ1n) is 5.62. The fourth-order valence-electron chi connectivity index (χ4n) is 1.50. The molecule has 0 bridgehead atoms. The first-order valence-corrected chi connectivity index (χ1v) is 6.03. The van der Waals surface area contributed by atoms with E-state index in [0.29, 0.717) is 23.6 Å². The number of ether oxygens (including phenoxy) is 1. The summed E-state index contributed by atoms with van der Waals surface area (Å²) in [5.74, 6) is 1.34. The smallest absolute Gasteiger partial charge is 0.269 e. The van der Waals surface area contributed by atoms with Crippen LogP contribution in [0.3, 0.4) is 0 Å². The molecule has 0 radical (unpaired) electrons. The first-order chi connectivity index (χ1) is 9.15. The summed E-state index contributed by atoms with van der Waals surface area (Å²) in [5.41, 5.74) is 0.0221. The molecule has 2 rings (SSSR count). The number of thiocarbonyl (C=S) groups is 1. The third-order valence-corrected chi connectivity index (χ3v) is 2.72. The molecule has 0 amide bonds. The average molecular weight is 277 g/mol. The van der Waals surface area contributed by atoms with Gasteiger partial charge in [0, 0.05) is 25.0 Å². The van der Waals surface area contributed by atoms with Gasteiger partial charge in [-0.1, -0.05) is 0 Å². The van der Waals surface area contributed by atoms with E-state index in [4.69, 9.17) is 21.4 Å². The number of rotatable bonds is 5. The van der Waals surface area contributed by atoms with E-state index in [0.717, 1.165) is 5.76 Å². The van der Waals surface area contributed by atoms with Crippen LogP contribution >= 0.6 is 12.2 Å². The van der Waals surface area contributed by atoms with Crippen molar-refractivity contribution in [3.8, 4) is 5.75 Å². The number of non-ortho nitro benzene ring substituents is 1. The number of nitro groups is 1. The van der Waals surface area contributed by atoms with E-state index in [1.54, 1.807) is 6.26 Å². The van der Waals surface area contributed by atoms with Gasteiger partial charge in [0.15, 0.2) is 5.05 Å². The molecule has 0 atom stereocenters. The molecule has 0 N–H and O–H groups in total. The maximum absolute atomic E-state index is 10.5. The van der Waals surface area contributed by atoms with E-state index in [-0.39, 0.29) is 5.69 Å². The SMILES string of the molecule is O=[N+]([O-])c1ccc(OC(=S)CCc2ccco2)cc1. The summed E-state index contributed by atoms with van der Waals surface area (Å²) < 4.78 is 10.6. The monoisotopic (exact) mass is 277 g/mol. The lowest BCUT2D eigenvalue weighted by Gasteiger charge is -2.05. The molecule has 2 aromatic rings. The molecule has 6 heteroatoms. The molecule has 1 aromatic heterocycles. The minimum atomic E-state index is -0.459. The standard InChI is InChI=1S/C13H11NO4S/c15-14(16)10-3-5-12(6-4-10)18-13(19)8-7-11-2-1-9-17-11/h1-6,9H,7-8H2. The van der Waals surface area contributed by atoms with Crippen LogP contribution in [0, 0.1) is 10.1 Å².